The summed E-state index contributed by atoms with van der Waals surface area (Å²) in [5.41, 5.74) is 0.278. The summed E-state index contributed by atoms with van der Waals surface area (Å²) in [5.74, 6) is -0.396. The Labute approximate surface area is 81.9 Å². The van der Waals surface area contributed by atoms with Crippen LogP contribution in [0.15, 0.2) is 22.8 Å². The second-order valence-electron chi connectivity index (χ2n) is 2.67. The largest absolute Gasteiger partial charge is 0.358 e. The number of rotatable bonds is 1. The molecule has 0 aliphatic rings. The average molecular weight is 242 g/mol. The molecule has 2 rings (SSSR count). The number of nitrogens with one attached hydrogen (secondary N) is 1. The minimum atomic E-state index is -0.396. The third-order valence-corrected chi connectivity index (χ3v) is 2.31. The van der Waals surface area contributed by atoms with Crippen molar-refractivity contribution in [1.82, 2.24) is 4.98 Å². The minimum absolute atomic E-state index is 0.278. The maximum absolute atomic E-state index is 13.3. The number of hydrogen-bond donors (Lipinski definition) is 1. The fourth-order valence-electron chi connectivity index (χ4n) is 1.31. The predicted molar refractivity (Wildman–Crippen MR) is 51.3 cm³/mol. The van der Waals surface area contributed by atoms with Gasteiger partial charge in [-0.15, -0.1) is 0 Å². The highest BCUT2D eigenvalue weighted by atomic mass is 79.9. The highest BCUT2D eigenvalue weighted by molar-refractivity contribution is 9.10. The van der Waals surface area contributed by atoms with E-state index in [0.29, 0.717) is 21.5 Å². The Bertz CT molecular complexity index is 478. The summed E-state index contributed by atoms with van der Waals surface area (Å²) in [4.78, 5) is 13.2. The van der Waals surface area contributed by atoms with Crippen LogP contribution in [0.25, 0.3) is 10.8 Å². The van der Waals surface area contributed by atoms with Gasteiger partial charge in [-0.05, 0) is 12.1 Å². The number of hydrogen-bond acceptors (Lipinski definition) is 1. The van der Waals surface area contributed by atoms with Gasteiger partial charge in [0.2, 0.25) is 0 Å². The fraction of sp³-hybridized carbons (Fsp3) is 0. The zero-order chi connectivity index (χ0) is 9.42. The van der Waals surface area contributed by atoms with Crippen molar-refractivity contribution < 1.29 is 9.18 Å². The van der Waals surface area contributed by atoms with Crippen LogP contribution >= 0.6 is 15.9 Å². The normalized spacial score (nSPS) is 10.6. The lowest BCUT2D eigenvalue weighted by atomic mass is 10.2. The predicted octanol–water partition coefficient (Wildman–Crippen LogP) is 2.88. The topological polar surface area (TPSA) is 32.9 Å². The SMILES string of the molecule is O=Cc1[nH]cc2cc(Br)cc(F)c12. The van der Waals surface area contributed by atoms with Crippen LogP contribution in [0.5, 0.6) is 0 Å². The monoisotopic (exact) mass is 241 g/mol. The molecule has 0 amide bonds. The van der Waals surface area contributed by atoms with Gasteiger partial charge in [-0.2, -0.15) is 0 Å². The van der Waals surface area contributed by atoms with Crippen LogP contribution in [0.2, 0.25) is 0 Å². The fourth-order valence-corrected chi connectivity index (χ4v) is 1.76. The van der Waals surface area contributed by atoms with E-state index >= 15 is 0 Å². The van der Waals surface area contributed by atoms with Crippen molar-refractivity contribution >= 4 is 33.0 Å². The van der Waals surface area contributed by atoms with Crippen molar-refractivity contribution in [2.24, 2.45) is 0 Å². The Kier molecular flexibility index (Phi) is 1.92. The second kappa shape index (κ2) is 2.96. The highest BCUT2D eigenvalue weighted by Crippen LogP contribution is 2.25. The van der Waals surface area contributed by atoms with Crippen molar-refractivity contribution in [1.29, 1.82) is 0 Å². The molecule has 0 bridgehead atoms. The molecule has 4 heteroatoms. The van der Waals surface area contributed by atoms with Gasteiger partial charge in [-0.3, -0.25) is 4.79 Å². The Morgan fingerprint density at radius 3 is 2.92 bits per heavy atom. The van der Waals surface area contributed by atoms with Crippen molar-refractivity contribution in [2.45, 2.75) is 0 Å². The van der Waals surface area contributed by atoms with E-state index in [1.165, 1.54) is 6.07 Å². The van der Waals surface area contributed by atoms with Crippen molar-refractivity contribution in [2.75, 3.05) is 0 Å². The lowest BCUT2D eigenvalue weighted by molar-refractivity contribution is 0.112. The zero-order valence-corrected chi connectivity index (χ0v) is 8.06. The number of aromatic nitrogens is 1. The van der Waals surface area contributed by atoms with Crippen LogP contribution in [0.1, 0.15) is 10.5 Å². The number of halogens is 2. The van der Waals surface area contributed by atoms with E-state index in [4.69, 9.17) is 0 Å². The molecule has 0 fully saturated rings. The second-order valence-corrected chi connectivity index (χ2v) is 3.59. The highest BCUT2D eigenvalue weighted by Gasteiger charge is 2.08. The van der Waals surface area contributed by atoms with Gasteiger partial charge in [0.25, 0.3) is 0 Å². The molecule has 0 saturated heterocycles. The standard InChI is InChI=1S/C9H5BrFNO/c10-6-1-5-3-12-8(4-13)9(5)7(11)2-6/h1-4,12H. The average Bonchev–Trinajstić information content (AvgIpc) is 2.47. The van der Waals surface area contributed by atoms with Crippen molar-refractivity contribution in [3.8, 4) is 0 Å². The van der Waals surface area contributed by atoms with Crippen LogP contribution < -0.4 is 0 Å². The summed E-state index contributed by atoms with van der Waals surface area (Å²) in [5, 5.41) is 1.03. The molecule has 0 atom stereocenters. The molecule has 1 aromatic carbocycles. The molecule has 0 saturated carbocycles. The van der Waals surface area contributed by atoms with E-state index in [0.717, 1.165) is 0 Å². The molecule has 0 unspecified atom stereocenters. The lowest BCUT2D eigenvalue weighted by Crippen LogP contribution is -1.83. The third kappa shape index (κ3) is 1.27. The molecule has 0 spiro atoms. The summed E-state index contributed by atoms with van der Waals surface area (Å²) in [7, 11) is 0. The van der Waals surface area contributed by atoms with Gasteiger partial charge in [-0.25, -0.2) is 4.39 Å². The van der Waals surface area contributed by atoms with Crippen LogP contribution in [0.4, 0.5) is 4.39 Å². The summed E-state index contributed by atoms with van der Waals surface area (Å²) in [6, 6.07) is 3.09. The maximum Gasteiger partial charge on any atom is 0.166 e. The van der Waals surface area contributed by atoms with Gasteiger partial charge in [-0.1, -0.05) is 15.9 Å². The van der Waals surface area contributed by atoms with Crippen LogP contribution in [-0.4, -0.2) is 11.3 Å². The summed E-state index contributed by atoms with van der Waals surface area (Å²) in [6.45, 7) is 0. The molecule has 66 valence electrons. The summed E-state index contributed by atoms with van der Waals surface area (Å²) >= 11 is 3.17. The minimum Gasteiger partial charge on any atom is -0.358 e. The van der Waals surface area contributed by atoms with Crippen LogP contribution in [0.3, 0.4) is 0 Å². The number of H-pyrrole nitrogens is 1. The number of fused-ring (bicyclic) bond motifs is 1. The molecule has 0 aliphatic carbocycles. The quantitative estimate of drug-likeness (QED) is 0.766. The number of carbonyl (C=O) groups is 1. The molecule has 0 aliphatic heterocycles. The van der Waals surface area contributed by atoms with E-state index < -0.39 is 5.82 Å². The van der Waals surface area contributed by atoms with Crippen molar-refractivity contribution in [3.63, 3.8) is 0 Å². The van der Waals surface area contributed by atoms with E-state index in [9.17, 15) is 9.18 Å². The Balaban J connectivity index is 2.89. The molecule has 2 nitrogen and oxygen atoms in total. The lowest BCUT2D eigenvalue weighted by Gasteiger charge is -1.94. The molecule has 2 aromatic rings. The van der Waals surface area contributed by atoms with E-state index in [1.807, 2.05) is 0 Å². The number of carbonyl (C=O) groups excluding carboxylic acids is 1. The number of aromatic amines is 1. The van der Waals surface area contributed by atoms with Gasteiger partial charge in [0.05, 0.1) is 5.69 Å². The van der Waals surface area contributed by atoms with Crippen LogP contribution in [-0.2, 0) is 0 Å². The Morgan fingerprint density at radius 1 is 1.46 bits per heavy atom. The molecule has 1 heterocycles. The third-order valence-electron chi connectivity index (χ3n) is 1.86. The molecule has 1 N–H and O–H groups in total. The first-order valence-electron chi connectivity index (χ1n) is 3.63. The van der Waals surface area contributed by atoms with Gasteiger partial charge < -0.3 is 4.98 Å². The van der Waals surface area contributed by atoms with Gasteiger partial charge >= 0.3 is 0 Å². The first-order chi connectivity index (χ1) is 6.22. The van der Waals surface area contributed by atoms with Crippen LogP contribution in [0, 0.1) is 5.82 Å². The first-order valence-corrected chi connectivity index (χ1v) is 4.43. The smallest absolute Gasteiger partial charge is 0.166 e. The number of aldehydes is 1. The summed E-state index contributed by atoms with van der Waals surface area (Å²) < 4.78 is 14.0. The van der Waals surface area contributed by atoms with Gasteiger partial charge in [0.15, 0.2) is 6.29 Å². The Hall–Kier alpha value is -1.16. The molecular weight excluding hydrogens is 237 g/mol. The van der Waals surface area contributed by atoms with Gasteiger partial charge in [0.1, 0.15) is 5.82 Å². The van der Waals surface area contributed by atoms with E-state index in [1.54, 1.807) is 12.3 Å². The van der Waals surface area contributed by atoms with E-state index in [-0.39, 0.29) is 5.69 Å². The first kappa shape index (κ1) is 8.44. The number of benzene rings is 1. The summed E-state index contributed by atoms with van der Waals surface area (Å²) in [6.07, 6.45) is 2.21. The molecule has 1 aromatic heterocycles. The zero-order valence-electron chi connectivity index (χ0n) is 6.47. The van der Waals surface area contributed by atoms with E-state index in [2.05, 4.69) is 20.9 Å². The molecule has 0 radical (unpaired) electrons. The Morgan fingerprint density at radius 2 is 2.23 bits per heavy atom. The van der Waals surface area contributed by atoms with Crippen molar-refractivity contribution in [3.05, 3.63) is 34.3 Å². The molecule has 13 heavy (non-hydrogen) atoms. The van der Waals surface area contributed by atoms with Gasteiger partial charge in [0, 0.05) is 21.4 Å². The maximum atomic E-state index is 13.3. The molecular formula is C9H5BrFNO.